The molecule has 0 heterocycles. The summed E-state index contributed by atoms with van der Waals surface area (Å²) < 4.78 is 5.83. The van der Waals surface area contributed by atoms with Crippen molar-refractivity contribution in [1.29, 1.82) is 0 Å². The SMILES string of the molecule is CC(C)(C)OCc1cccc(CNC2CCCC2)c1. The fourth-order valence-electron chi connectivity index (χ4n) is 2.52. The summed E-state index contributed by atoms with van der Waals surface area (Å²) in [6, 6.07) is 9.46. The van der Waals surface area contributed by atoms with E-state index in [1.807, 2.05) is 0 Å². The van der Waals surface area contributed by atoms with Crippen molar-refractivity contribution in [2.45, 2.75) is 71.2 Å². The quantitative estimate of drug-likeness (QED) is 0.864. The maximum Gasteiger partial charge on any atom is 0.0724 e. The molecule has 0 aromatic heterocycles. The molecule has 0 spiro atoms. The van der Waals surface area contributed by atoms with E-state index in [4.69, 9.17) is 4.74 Å². The molecule has 1 aliphatic rings. The first kappa shape index (κ1) is 14.5. The van der Waals surface area contributed by atoms with Crippen LogP contribution in [0.2, 0.25) is 0 Å². The van der Waals surface area contributed by atoms with Crippen LogP contribution in [-0.4, -0.2) is 11.6 Å². The molecule has 2 nitrogen and oxygen atoms in total. The average molecular weight is 261 g/mol. The number of hydrogen-bond donors (Lipinski definition) is 1. The lowest BCUT2D eigenvalue weighted by atomic mass is 10.1. The summed E-state index contributed by atoms with van der Waals surface area (Å²) in [7, 11) is 0. The van der Waals surface area contributed by atoms with E-state index in [9.17, 15) is 0 Å². The second kappa shape index (κ2) is 6.53. The third-order valence-electron chi connectivity index (χ3n) is 3.61. The number of hydrogen-bond acceptors (Lipinski definition) is 2. The molecule has 2 heteroatoms. The summed E-state index contributed by atoms with van der Waals surface area (Å²) in [6.45, 7) is 7.96. The largest absolute Gasteiger partial charge is 0.371 e. The normalized spacial score (nSPS) is 17.0. The highest BCUT2D eigenvalue weighted by molar-refractivity contribution is 5.23. The fraction of sp³-hybridized carbons (Fsp3) is 0.647. The van der Waals surface area contributed by atoms with Gasteiger partial charge in [0.15, 0.2) is 0 Å². The van der Waals surface area contributed by atoms with E-state index in [0.29, 0.717) is 6.61 Å². The molecule has 106 valence electrons. The van der Waals surface area contributed by atoms with Crippen LogP contribution in [0, 0.1) is 0 Å². The van der Waals surface area contributed by atoms with Crippen molar-refractivity contribution in [3.63, 3.8) is 0 Å². The highest BCUT2D eigenvalue weighted by atomic mass is 16.5. The van der Waals surface area contributed by atoms with Crippen molar-refractivity contribution >= 4 is 0 Å². The lowest BCUT2D eigenvalue weighted by molar-refractivity contribution is -0.0149. The lowest BCUT2D eigenvalue weighted by Crippen LogP contribution is -2.25. The molecule has 1 aromatic carbocycles. The second-order valence-electron chi connectivity index (χ2n) is 6.58. The summed E-state index contributed by atoms with van der Waals surface area (Å²) in [5.74, 6) is 0. The first-order valence-corrected chi connectivity index (χ1v) is 7.48. The van der Waals surface area contributed by atoms with Gasteiger partial charge in [-0.2, -0.15) is 0 Å². The lowest BCUT2D eigenvalue weighted by Gasteiger charge is -2.20. The van der Waals surface area contributed by atoms with Crippen molar-refractivity contribution < 1.29 is 4.74 Å². The molecule has 1 aromatic rings. The number of ether oxygens (including phenoxy) is 1. The standard InChI is InChI=1S/C17H27NO/c1-17(2,3)19-13-15-8-6-7-14(11-15)12-18-16-9-4-5-10-16/h6-8,11,16,18H,4-5,9-10,12-13H2,1-3H3. The average Bonchev–Trinajstić information content (AvgIpc) is 2.87. The van der Waals surface area contributed by atoms with Gasteiger partial charge in [-0.05, 0) is 44.7 Å². The number of benzene rings is 1. The minimum Gasteiger partial charge on any atom is -0.371 e. The first-order valence-electron chi connectivity index (χ1n) is 7.48. The second-order valence-corrected chi connectivity index (χ2v) is 6.58. The zero-order chi connectivity index (χ0) is 13.7. The van der Waals surface area contributed by atoms with E-state index in [1.165, 1.54) is 36.8 Å². The van der Waals surface area contributed by atoms with Crippen molar-refractivity contribution in [1.82, 2.24) is 5.32 Å². The summed E-state index contributed by atoms with van der Waals surface area (Å²) in [6.07, 6.45) is 5.45. The maximum absolute atomic E-state index is 5.83. The van der Waals surface area contributed by atoms with Crippen molar-refractivity contribution in [2.24, 2.45) is 0 Å². The van der Waals surface area contributed by atoms with E-state index < -0.39 is 0 Å². The van der Waals surface area contributed by atoms with Gasteiger partial charge in [-0.15, -0.1) is 0 Å². The van der Waals surface area contributed by atoms with Gasteiger partial charge in [0.1, 0.15) is 0 Å². The molecule has 0 atom stereocenters. The van der Waals surface area contributed by atoms with Crippen LogP contribution in [0.1, 0.15) is 57.6 Å². The van der Waals surface area contributed by atoms with E-state index in [2.05, 4.69) is 50.4 Å². The van der Waals surface area contributed by atoms with Crippen molar-refractivity contribution in [2.75, 3.05) is 0 Å². The first-order chi connectivity index (χ1) is 9.03. The van der Waals surface area contributed by atoms with Crippen LogP contribution in [0.15, 0.2) is 24.3 Å². The molecular weight excluding hydrogens is 234 g/mol. The Kier molecular flexibility index (Phi) is 5.00. The third-order valence-corrected chi connectivity index (χ3v) is 3.61. The molecule has 0 aliphatic heterocycles. The summed E-state index contributed by atoms with van der Waals surface area (Å²) in [4.78, 5) is 0. The molecule has 0 saturated heterocycles. The Balaban J connectivity index is 1.84. The predicted octanol–water partition coefficient (Wildman–Crippen LogP) is 4.03. The van der Waals surface area contributed by atoms with Crippen LogP contribution in [0.25, 0.3) is 0 Å². The molecular formula is C17H27NO. The van der Waals surface area contributed by atoms with Gasteiger partial charge >= 0.3 is 0 Å². The predicted molar refractivity (Wildman–Crippen MR) is 80.1 cm³/mol. The van der Waals surface area contributed by atoms with Gasteiger partial charge in [0.2, 0.25) is 0 Å². The molecule has 1 saturated carbocycles. The van der Waals surface area contributed by atoms with Crippen LogP contribution < -0.4 is 5.32 Å². The van der Waals surface area contributed by atoms with Gasteiger partial charge in [0.05, 0.1) is 12.2 Å². The van der Waals surface area contributed by atoms with Crippen molar-refractivity contribution in [3.8, 4) is 0 Å². The summed E-state index contributed by atoms with van der Waals surface area (Å²) in [5.41, 5.74) is 2.56. The Bertz CT molecular complexity index is 388. The molecule has 0 bridgehead atoms. The molecule has 0 unspecified atom stereocenters. The maximum atomic E-state index is 5.83. The van der Waals surface area contributed by atoms with Gasteiger partial charge in [0, 0.05) is 12.6 Å². The van der Waals surface area contributed by atoms with Gasteiger partial charge in [-0.1, -0.05) is 37.1 Å². The third kappa shape index (κ3) is 5.33. The molecule has 19 heavy (non-hydrogen) atoms. The van der Waals surface area contributed by atoms with E-state index in [-0.39, 0.29) is 5.60 Å². The van der Waals surface area contributed by atoms with Gasteiger partial charge < -0.3 is 10.1 Å². The van der Waals surface area contributed by atoms with Crippen molar-refractivity contribution in [3.05, 3.63) is 35.4 Å². The Morgan fingerprint density at radius 3 is 2.53 bits per heavy atom. The molecule has 2 rings (SSSR count). The number of rotatable bonds is 5. The van der Waals surface area contributed by atoms with E-state index in [1.54, 1.807) is 0 Å². The Morgan fingerprint density at radius 1 is 1.16 bits per heavy atom. The molecule has 1 aliphatic carbocycles. The Labute approximate surface area is 117 Å². The smallest absolute Gasteiger partial charge is 0.0724 e. The Morgan fingerprint density at radius 2 is 1.84 bits per heavy atom. The minimum atomic E-state index is -0.0713. The van der Waals surface area contributed by atoms with E-state index in [0.717, 1.165) is 12.6 Å². The number of nitrogens with one attached hydrogen (secondary N) is 1. The highest BCUT2D eigenvalue weighted by Crippen LogP contribution is 2.18. The zero-order valence-corrected chi connectivity index (χ0v) is 12.5. The zero-order valence-electron chi connectivity index (χ0n) is 12.5. The van der Waals surface area contributed by atoms with Crippen LogP contribution in [0.4, 0.5) is 0 Å². The molecule has 1 fully saturated rings. The van der Waals surface area contributed by atoms with Crippen LogP contribution >= 0.6 is 0 Å². The molecule has 0 radical (unpaired) electrons. The minimum absolute atomic E-state index is 0.0713. The fourth-order valence-corrected chi connectivity index (χ4v) is 2.52. The van der Waals surface area contributed by atoms with Crippen LogP contribution in [0.5, 0.6) is 0 Å². The molecule has 0 amide bonds. The highest BCUT2D eigenvalue weighted by Gasteiger charge is 2.14. The monoisotopic (exact) mass is 261 g/mol. The molecule has 1 N–H and O–H groups in total. The van der Waals surface area contributed by atoms with Gasteiger partial charge in [0.25, 0.3) is 0 Å². The Hall–Kier alpha value is -0.860. The summed E-state index contributed by atoms with van der Waals surface area (Å²) >= 11 is 0. The topological polar surface area (TPSA) is 21.3 Å². The van der Waals surface area contributed by atoms with Gasteiger partial charge in [-0.3, -0.25) is 0 Å². The van der Waals surface area contributed by atoms with Crippen LogP contribution in [0.3, 0.4) is 0 Å². The summed E-state index contributed by atoms with van der Waals surface area (Å²) in [5, 5.41) is 3.66. The van der Waals surface area contributed by atoms with E-state index >= 15 is 0 Å². The van der Waals surface area contributed by atoms with Crippen LogP contribution in [-0.2, 0) is 17.9 Å². The van der Waals surface area contributed by atoms with Gasteiger partial charge in [-0.25, -0.2) is 0 Å².